The molecule has 0 radical (unpaired) electrons. The quantitative estimate of drug-likeness (QED) is 0.930. The molecule has 21 heavy (non-hydrogen) atoms. The van der Waals surface area contributed by atoms with Gasteiger partial charge in [-0.1, -0.05) is 49.7 Å². The molecule has 2 unspecified atom stereocenters. The number of hydrogen-bond acceptors (Lipinski definition) is 4. The number of benzene rings is 1. The Morgan fingerprint density at radius 3 is 2.67 bits per heavy atom. The lowest BCUT2D eigenvalue weighted by Crippen LogP contribution is -2.58. The van der Waals surface area contributed by atoms with Crippen molar-refractivity contribution in [3.63, 3.8) is 0 Å². The Balaban J connectivity index is 1.85. The van der Waals surface area contributed by atoms with Crippen molar-refractivity contribution in [3.8, 4) is 0 Å². The highest BCUT2D eigenvalue weighted by atomic mass is 35.5. The highest BCUT2D eigenvalue weighted by molar-refractivity contribution is 6.34. The summed E-state index contributed by atoms with van der Waals surface area (Å²) in [5.74, 6) is 0.794. The smallest absolute Gasteiger partial charge is 0.159 e. The average Bonchev–Trinajstić information content (AvgIpc) is 2.49. The van der Waals surface area contributed by atoms with Crippen LogP contribution in [0.3, 0.4) is 0 Å². The lowest BCUT2D eigenvalue weighted by Gasteiger charge is -2.51. The molecule has 0 aliphatic heterocycles. The van der Waals surface area contributed by atoms with E-state index in [1.807, 2.05) is 31.2 Å². The molecule has 4 nitrogen and oxygen atoms in total. The van der Waals surface area contributed by atoms with Crippen LogP contribution in [0.4, 0.5) is 5.82 Å². The van der Waals surface area contributed by atoms with E-state index in [2.05, 4.69) is 29.4 Å². The molecule has 5 heteroatoms. The highest BCUT2D eigenvalue weighted by Gasteiger charge is 2.49. The van der Waals surface area contributed by atoms with Crippen molar-refractivity contribution in [2.75, 3.05) is 11.9 Å². The topological polar surface area (TPSA) is 47.0 Å². The van der Waals surface area contributed by atoms with E-state index in [0.717, 1.165) is 29.6 Å². The van der Waals surface area contributed by atoms with Crippen LogP contribution in [0, 0.1) is 5.41 Å². The Labute approximate surface area is 129 Å². The molecule has 1 aliphatic rings. The summed E-state index contributed by atoms with van der Waals surface area (Å²) in [5, 5.41) is 14.2. The third-order valence-corrected chi connectivity index (χ3v) is 4.78. The van der Waals surface area contributed by atoms with E-state index < -0.39 is 0 Å². The van der Waals surface area contributed by atoms with E-state index in [0.29, 0.717) is 17.3 Å². The Kier molecular flexibility index (Phi) is 3.76. The maximum absolute atomic E-state index is 6.11. The van der Waals surface area contributed by atoms with Crippen LogP contribution in [-0.4, -0.2) is 29.0 Å². The van der Waals surface area contributed by atoms with Gasteiger partial charge in [-0.05, 0) is 13.3 Å². The Morgan fingerprint density at radius 2 is 2.00 bits per heavy atom. The summed E-state index contributed by atoms with van der Waals surface area (Å²) in [6.45, 7) is 7.24. The van der Waals surface area contributed by atoms with Crippen LogP contribution < -0.4 is 5.32 Å². The number of rotatable bonds is 4. The summed E-state index contributed by atoms with van der Waals surface area (Å²) < 4.78 is 5.77. The minimum atomic E-state index is 0.0818. The molecule has 1 aliphatic carbocycles. The monoisotopic (exact) mass is 305 g/mol. The standard InChI is InChI=1S/C16H20ClN3O/c1-4-21-13-9-12(16(13,2)3)18-15-11-8-6-5-7-10(11)14(17)19-20-15/h5-8,12-13H,4,9H2,1-3H3,(H,18,20). The van der Waals surface area contributed by atoms with Gasteiger partial charge in [-0.15, -0.1) is 10.2 Å². The molecule has 1 saturated carbocycles. The first-order valence-electron chi connectivity index (χ1n) is 7.33. The molecule has 0 spiro atoms. The summed E-state index contributed by atoms with van der Waals surface area (Å²) >= 11 is 6.11. The van der Waals surface area contributed by atoms with Crippen molar-refractivity contribution in [1.29, 1.82) is 0 Å². The maximum atomic E-state index is 6.11. The lowest BCUT2D eigenvalue weighted by atomic mass is 9.64. The minimum Gasteiger partial charge on any atom is -0.378 e. The number of fused-ring (bicyclic) bond motifs is 1. The van der Waals surface area contributed by atoms with E-state index in [1.165, 1.54) is 0 Å². The number of nitrogens with one attached hydrogen (secondary N) is 1. The summed E-state index contributed by atoms with van der Waals surface area (Å²) in [6.07, 6.45) is 1.28. The molecule has 1 fully saturated rings. The summed E-state index contributed by atoms with van der Waals surface area (Å²) in [4.78, 5) is 0. The Bertz CT molecular complexity index is 659. The van der Waals surface area contributed by atoms with Crippen molar-refractivity contribution < 1.29 is 4.74 Å². The molecule has 1 heterocycles. The molecule has 2 atom stereocenters. The molecule has 0 amide bonds. The highest BCUT2D eigenvalue weighted by Crippen LogP contribution is 2.44. The number of hydrogen-bond donors (Lipinski definition) is 1. The van der Waals surface area contributed by atoms with Gasteiger partial charge in [0.1, 0.15) is 0 Å². The van der Waals surface area contributed by atoms with E-state index in [4.69, 9.17) is 16.3 Å². The van der Waals surface area contributed by atoms with Crippen molar-refractivity contribution in [2.45, 2.75) is 39.3 Å². The summed E-state index contributed by atoms with van der Waals surface area (Å²) in [7, 11) is 0. The van der Waals surface area contributed by atoms with Crippen LogP contribution in [0.1, 0.15) is 27.2 Å². The van der Waals surface area contributed by atoms with Crippen LogP contribution in [0.15, 0.2) is 24.3 Å². The molecule has 1 aromatic carbocycles. The fourth-order valence-corrected chi connectivity index (χ4v) is 3.16. The summed E-state index contributed by atoms with van der Waals surface area (Å²) in [6, 6.07) is 8.25. The molecule has 3 rings (SSSR count). The zero-order valence-corrected chi connectivity index (χ0v) is 13.3. The largest absolute Gasteiger partial charge is 0.378 e. The van der Waals surface area contributed by atoms with Crippen LogP contribution in [0.25, 0.3) is 10.8 Å². The number of anilines is 1. The second kappa shape index (κ2) is 5.43. The van der Waals surface area contributed by atoms with E-state index in [-0.39, 0.29) is 5.41 Å². The molecular formula is C16H20ClN3O. The van der Waals surface area contributed by atoms with Crippen LogP contribution in [0.2, 0.25) is 5.15 Å². The van der Waals surface area contributed by atoms with Crippen LogP contribution >= 0.6 is 11.6 Å². The predicted octanol–water partition coefficient (Wildman–Crippen LogP) is 3.90. The molecule has 112 valence electrons. The van der Waals surface area contributed by atoms with Gasteiger partial charge < -0.3 is 10.1 Å². The van der Waals surface area contributed by atoms with E-state index in [9.17, 15) is 0 Å². The van der Waals surface area contributed by atoms with Gasteiger partial charge >= 0.3 is 0 Å². The molecule has 2 aromatic rings. The van der Waals surface area contributed by atoms with Crippen molar-refractivity contribution in [3.05, 3.63) is 29.4 Å². The first kappa shape index (κ1) is 14.5. The Hall–Kier alpha value is -1.39. The number of halogens is 1. The molecule has 1 aromatic heterocycles. The van der Waals surface area contributed by atoms with Crippen molar-refractivity contribution >= 4 is 28.2 Å². The SMILES string of the molecule is CCOC1CC(Nc2nnc(Cl)c3ccccc23)C1(C)C. The molecule has 1 N–H and O–H groups in total. The van der Waals surface area contributed by atoms with Gasteiger partial charge in [0.15, 0.2) is 11.0 Å². The van der Waals surface area contributed by atoms with Gasteiger partial charge in [0.25, 0.3) is 0 Å². The van der Waals surface area contributed by atoms with Gasteiger partial charge in [-0.2, -0.15) is 0 Å². The third kappa shape index (κ3) is 2.47. The molecule has 0 saturated heterocycles. The van der Waals surface area contributed by atoms with Gasteiger partial charge in [-0.3, -0.25) is 0 Å². The van der Waals surface area contributed by atoms with Gasteiger partial charge in [0.2, 0.25) is 0 Å². The first-order chi connectivity index (χ1) is 10.0. The second-order valence-electron chi connectivity index (χ2n) is 6.08. The number of aromatic nitrogens is 2. The average molecular weight is 306 g/mol. The van der Waals surface area contributed by atoms with Gasteiger partial charge in [0, 0.05) is 28.8 Å². The normalized spacial score (nSPS) is 23.8. The molecular weight excluding hydrogens is 286 g/mol. The van der Waals surface area contributed by atoms with E-state index >= 15 is 0 Å². The summed E-state index contributed by atoms with van der Waals surface area (Å²) in [5.41, 5.74) is 0.0818. The third-order valence-electron chi connectivity index (χ3n) is 4.50. The Morgan fingerprint density at radius 1 is 1.29 bits per heavy atom. The van der Waals surface area contributed by atoms with Gasteiger partial charge in [-0.25, -0.2) is 0 Å². The zero-order chi connectivity index (χ0) is 15.0. The van der Waals surface area contributed by atoms with Crippen LogP contribution in [-0.2, 0) is 4.74 Å². The first-order valence-corrected chi connectivity index (χ1v) is 7.71. The van der Waals surface area contributed by atoms with Crippen molar-refractivity contribution in [2.24, 2.45) is 5.41 Å². The predicted molar refractivity (Wildman–Crippen MR) is 85.8 cm³/mol. The zero-order valence-electron chi connectivity index (χ0n) is 12.6. The van der Waals surface area contributed by atoms with E-state index in [1.54, 1.807) is 0 Å². The minimum absolute atomic E-state index is 0.0818. The van der Waals surface area contributed by atoms with Crippen LogP contribution in [0.5, 0.6) is 0 Å². The van der Waals surface area contributed by atoms with Gasteiger partial charge in [0.05, 0.1) is 6.10 Å². The molecule has 0 bridgehead atoms. The lowest BCUT2D eigenvalue weighted by molar-refractivity contribution is -0.0976. The van der Waals surface area contributed by atoms with Crippen molar-refractivity contribution in [1.82, 2.24) is 10.2 Å². The maximum Gasteiger partial charge on any atom is 0.159 e. The number of ether oxygens (including phenoxy) is 1. The fraction of sp³-hybridized carbons (Fsp3) is 0.500. The number of nitrogens with zero attached hydrogens (tertiary/aromatic N) is 2. The second-order valence-corrected chi connectivity index (χ2v) is 6.44. The fourth-order valence-electron chi connectivity index (χ4n) is 2.96.